The maximum absolute atomic E-state index is 12.4. The van der Waals surface area contributed by atoms with Crippen LogP contribution in [0, 0.1) is 11.8 Å². The van der Waals surface area contributed by atoms with Crippen LogP contribution in [0.25, 0.3) is 0 Å². The molecule has 1 N–H and O–H groups in total. The van der Waals surface area contributed by atoms with E-state index < -0.39 is 0 Å². The minimum absolute atomic E-state index is 0.122. The van der Waals surface area contributed by atoms with Gasteiger partial charge in [-0.1, -0.05) is 20.8 Å². The maximum Gasteiger partial charge on any atom is 0.225 e. The summed E-state index contributed by atoms with van der Waals surface area (Å²) in [7, 11) is 0. The van der Waals surface area contributed by atoms with Crippen molar-refractivity contribution in [3.05, 3.63) is 12.3 Å². The number of nitrogens with zero attached hydrogens (tertiary/aromatic N) is 3. The zero-order chi connectivity index (χ0) is 16.8. The van der Waals surface area contributed by atoms with Crippen LogP contribution < -0.4 is 5.32 Å². The van der Waals surface area contributed by atoms with Gasteiger partial charge in [-0.05, 0) is 57.7 Å². The van der Waals surface area contributed by atoms with Crippen LogP contribution in [0.1, 0.15) is 59.4 Å². The predicted octanol–water partition coefficient (Wildman–Crippen LogP) is 3.55. The summed E-state index contributed by atoms with van der Waals surface area (Å²) >= 11 is 0. The highest BCUT2D eigenvalue weighted by Gasteiger charge is 2.22. The first kappa shape index (κ1) is 18.0. The SMILES string of the molecule is CCCN1CCC(CC(=O)Nc2ccnn2[C@H](C)C(C)C)CC1. The molecule has 0 aliphatic carbocycles. The largest absolute Gasteiger partial charge is 0.311 e. The molecule has 0 aromatic carbocycles. The van der Waals surface area contributed by atoms with Crippen LogP contribution in [0.15, 0.2) is 12.3 Å². The van der Waals surface area contributed by atoms with Crippen molar-refractivity contribution in [2.75, 3.05) is 25.0 Å². The van der Waals surface area contributed by atoms with E-state index in [1.54, 1.807) is 6.20 Å². The van der Waals surface area contributed by atoms with Crippen LogP contribution in [0.5, 0.6) is 0 Å². The lowest BCUT2D eigenvalue weighted by Gasteiger charge is -2.31. The first-order chi connectivity index (χ1) is 11.0. The number of carbonyl (C=O) groups excluding carboxylic acids is 1. The molecule has 23 heavy (non-hydrogen) atoms. The highest BCUT2D eigenvalue weighted by molar-refractivity contribution is 5.90. The Morgan fingerprint density at radius 1 is 1.35 bits per heavy atom. The number of hydrogen-bond donors (Lipinski definition) is 1. The van der Waals surface area contributed by atoms with Gasteiger partial charge in [-0.3, -0.25) is 4.79 Å². The number of amides is 1. The smallest absolute Gasteiger partial charge is 0.225 e. The normalized spacial score (nSPS) is 18.3. The lowest BCUT2D eigenvalue weighted by atomic mass is 9.93. The predicted molar refractivity (Wildman–Crippen MR) is 94.5 cm³/mol. The van der Waals surface area contributed by atoms with E-state index in [0.29, 0.717) is 18.3 Å². The van der Waals surface area contributed by atoms with Gasteiger partial charge in [-0.2, -0.15) is 5.10 Å². The molecule has 1 aromatic heterocycles. The van der Waals surface area contributed by atoms with E-state index in [2.05, 4.69) is 43.0 Å². The van der Waals surface area contributed by atoms with Gasteiger partial charge in [0.05, 0.1) is 12.2 Å². The van der Waals surface area contributed by atoms with Crippen LogP contribution in [-0.2, 0) is 4.79 Å². The van der Waals surface area contributed by atoms with Crippen molar-refractivity contribution >= 4 is 11.7 Å². The Balaban J connectivity index is 1.83. The molecule has 1 atom stereocenters. The Hall–Kier alpha value is -1.36. The van der Waals surface area contributed by atoms with Crippen molar-refractivity contribution in [3.8, 4) is 0 Å². The minimum atomic E-state index is 0.122. The zero-order valence-electron chi connectivity index (χ0n) is 15.1. The van der Waals surface area contributed by atoms with Gasteiger partial charge in [0.25, 0.3) is 0 Å². The third-order valence-corrected chi connectivity index (χ3v) is 5.01. The average Bonchev–Trinajstić information content (AvgIpc) is 2.96. The molecule has 2 rings (SSSR count). The second kappa shape index (κ2) is 8.48. The quantitative estimate of drug-likeness (QED) is 0.836. The molecule has 5 heteroatoms. The molecular weight excluding hydrogens is 288 g/mol. The third kappa shape index (κ3) is 5.06. The van der Waals surface area contributed by atoms with Gasteiger partial charge in [0.2, 0.25) is 5.91 Å². The number of hydrogen-bond acceptors (Lipinski definition) is 3. The zero-order valence-corrected chi connectivity index (χ0v) is 15.1. The van der Waals surface area contributed by atoms with E-state index in [0.717, 1.165) is 31.7 Å². The molecule has 1 fully saturated rings. The fraction of sp³-hybridized carbons (Fsp3) is 0.778. The van der Waals surface area contributed by atoms with Crippen molar-refractivity contribution in [2.45, 2.75) is 59.4 Å². The fourth-order valence-electron chi connectivity index (χ4n) is 3.21. The summed E-state index contributed by atoms with van der Waals surface area (Å²) in [5.41, 5.74) is 0. The minimum Gasteiger partial charge on any atom is -0.311 e. The summed E-state index contributed by atoms with van der Waals surface area (Å²) in [6, 6.07) is 2.17. The van der Waals surface area contributed by atoms with Crippen molar-refractivity contribution in [2.24, 2.45) is 11.8 Å². The molecule has 2 heterocycles. The van der Waals surface area contributed by atoms with Gasteiger partial charge < -0.3 is 10.2 Å². The molecule has 0 spiro atoms. The van der Waals surface area contributed by atoms with Gasteiger partial charge in [0.1, 0.15) is 5.82 Å². The number of aromatic nitrogens is 2. The monoisotopic (exact) mass is 320 g/mol. The Morgan fingerprint density at radius 3 is 2.65 bits per heavy atom. The summed E-state index contributed by atoms with van der Waals surface area (Å²) in [5, 5.41) is 7.42. The van der Waals surface area contributed by atoms with Gasteiger partial charge in [-0.15, -0.1) is 0 Å². The second-order valence-corrected chi connectivity index (χ2v) is 7.18. The number of nitrogens with one attached hydrogen (secondary N) is 1. The topological polar surface area (TPSA) is 50.2 Å². The average molecular weight is 320 g/mol. The van der Waals surface area contributed by atoms with Crippen molar-refractivity contribution in [3.63, 3.8) is 0 Å². The number of piperidine rings is 1. The van der Waals surface area contributed by atoms with Crippen LogP contribution in [0.4, 0.5) is 5.82 Å². The number of rotatable bonds is 7. The molecule has 1 aliphatic heterocycles. The first-order valence-corrected chi connectivity index (χ1v) is 9.07. The molecule has 1 saturated heterocycles. The van der Waals surface area contributed by atoms with E-state index in [1.165, 1.54) is 13.0 Å². The molecule has 1 aromatic rings. The summed E-state index contributed by atoms with van der Waals surface area (Å²) in [4.78, 5) is 14.9. The molecule has 0 radical (unpaired) electrons. The Bertz CT molecular complexity index is 489. The van der Waals surface area contributed by atoms with Crippen molar-refractivity contribution in [1.82, 2.24) is 14.7 Å². The van der Waals surface area contributed by atoms with Crippen molar-refractivity contribution < 1.29 is 4.79 Å². The summed E-state index contributed by atoms with van der Waals surface area (Å²) < 4.78 is 1.92. The molecule has 5 nitrogen and oxygen atoms in total. The Morgan fingerprint density at radius 2 is 2.04 bits per heavy atom. The Kier molecular flexibility index (Phi) is 6.63. The molecule has 1 aliphatic rings. The number of anilines is 1. The lowest BCUT2D eigenvalue weighted by Crippen LogP contribution is -2.35. The summed E-state index contributed by atoms with van der Waals surface area (Å²) in [5.74, 6) is 1.94. The van der Waals surface area contributed by atoms with E-state index in [-0.39, 0.29) is 11.9 Å². The highest BCUT2D eigenvalue weighted by Crippen LogP contribution is 2.23. The summed E-state index contributed by atoms with van der Waals surface area (Å²) in [6.07, 6.45) is 5.87. The van der Waals surface area contributed by atoms with Gasteiger partial charge in [0.15, 0.2) is 0 Å². The molecule has 1 amide bonds. The van der Waals surface area contributed by atoms with Gasteiger partial charge >= 0.3 is 0 Å². The third-order valence-electron chi connectivity index (χ3n) is 5.01. The standard InChI is InChI=1S/C18H32N4O/c1-5-10-21-11-7-16(8-12-21)13-18(23)20-17-6-9-19-22(17)15(4)14(2)3/h6,9,14-16H,5,7-8,10-13H2,1-4H3,(H,20,23)/t15-/m1/s1. The molecule has 0 bridgehead atoms. The maximum atomic E-state index is 12.4. The van der Waals surface area contributed by atoms with E-state index >= 15 is 0 Å². The number of likely N-dealkylation sites (tertiary alicyclic amines) is 1. The van der Waals surface area contributed by atoms with E-state index in [4.69, 9.17) is 0 Å². The molecule has 0 saturated carbocycles. The van der Waals surface area contributed by atoms with Crippen molar-refractivity contribution in [1.29, 1.82) is 0 Å². The molecule has 130 valence electrons. The molecular formula is C18H32N4O. The van der Waals surface area contributed by atoms with Crippen LogP contribution in [0.3, 0.4) is 0 Å². The highest BCUT2D eigenvalue weighted by atomic mass is 16.1. The van der Waals surface area contributed by atoms with Gasteiger partial charge in [-0.25, -0.2) is 4.68 Å². The lowest BCUT2D eigenvalue weighted by molar-refractivity contribution is -0.117. The molecule has 0 unspecified atom stereocenters. The summed E-state index contributed by atoms with van der Waals surface area (Å²) in [6.45, 7) is 12.1. The van der Waals surface area contributed by atoms with Gasteiger partial charge in [0, 0.05) is 12.5 Å². The van der Waals surface area contributed by atoms with E-state index in [1.807, 2.05) is 10.7 Å². The second-order valence-electron chi connectivity index (χ2n) is 7.18. The fourth-order valence-corrected chi connectivity index (χ4v) is 3.21. The van der Waals surface area contributed by atoms with E-state index in [9.17, 15) is 4.79 Å². The van der Waals surface area contributed by atoms with Crippen LogP contribution in [-0.4, -0.2) is 40.2 Å². The number of carbonyl (C=O) groups is 1. The van der Waals surface area contributed by atoms with Crippen LogP contribution >= 0.6 is 0 Å². The van der Waals surface area contributed by atoms with Crippen LogP contribution in [0.2, 0.25) is 0 Å². The first-order valence-electron chi connectivity index (χ1n) is 9.07. The Labute approximate surface area is 140 Å².